The minimum absolute atomic E-state index is 0.126. The molecule has 108 valence electrons. The number of hydrogen-bond acceptors (Lipinski definition) is 3. The first-order valence-corrected chi connectivity index (χ1v) is 6.21. The third-order valence-corrected chi connectivity index (χ3v) is 3.19. The van der Waals surface area contributed by atoms with Crippen LogP contribution in [0.3, 0.4) is 0 Å². The number of carbonyl (C=O) groups excluding carboxylic acids is 1. The minimum atomic E-state index is -0.542. The maximum Gasteiger partial charge on any atom is 0.273 e. The van der Waals surface area contributed by atoms with Crippen LogP contribution in [-0.2, 0) is 0 Å². The van der Waals surface area contributed by atoms with Gasteiger partial charge in [0, 0.05) is 22.9 Å². The highest BCUT2D eigenvalue weighted by atomic mass is 19.1. The smallest absolute Gasteiger partial charge is 0.273 e. The van der Waals surface area contributed by atoms with Crippen LogP contribution in [0.15, 0.2) is 36.4 Å². The molecule has 0 fully saturated rings. The van der Waals surface area contributed by atoms with Gasteiger partial charge >= 0.3 is 0 Å². The Morgan fingerprint density at radius 1 is 1.24 bits per heavy atom. The Morgan fingerprint density at radius 2 is 1.95 bits per heavy atom. The Hall–Kier alpha value is -2.76. The van der Waals surface area contributed by atoms with Crippen LogP contribution in [0.5, 0.6) is 0 Å². The molecule has 0 heterocycles. The number of nitro benzene ring substituents is 1. The molecule has 0 aliphatic carbocycles. The SMILES string of the molecule is Cc1ccc(F)cc1NC(=O)c1cccc([N+](=O)[O-])c1C. The number of carbonyl (C=O) groups is 1. The molecule has 2 rings (SSSR count). The summed E-state index contributed by atoms with van der Waals surface area (Å²) in [5, 5.41) is 13.5. The lowest BCUT2D eigenvalue weighted by molar-refractivity contribution is -0.385. The number of aryl methyl sites for hydroxylation is 1. The second kappa shape index (κ2) is 5.70. The van der Waals surface area contributed by atoms with Crippen molar-refractivity contribution in [2.24, 2.45) is 0 Å². The summed E-state index contributed by atoms with van der Waals surface area (Å²) in [5.41, 5.74) is 1.37. The summed E-state index contributed by atoms with van der Waals surface area (Å²) in [5.74, 6) is -0.975. The van der Waals surface area contributed by atoms with Gasteiger partial charge in [-0.05, 0) is 37.6 Å². The molecular weight excluding hydrogens is 275 g/mol. The second-order valence-electron chi connectivity index (χ2n) is 4.62. The van der Waals surface area contributed by atoms with Gasteiger partial charge in [-0.1, -0.05) is 12.1 Å². The van der Waals surface area contributed by atoms with Crippen molar-refractivity contribution < 1.29 is 14.1 Å². The Bertz CT molecular complexity index is 729. The fraction of sp³-hybridized carbons (Fsp3) is 0.133. The van der Waals surface area contributed by atoms with Crippen LogP contribution in [0.25, 0.3) is 0 Å². The van der Waals surface area contributed by atoms with E-state index < -0.39 is 16.6 Å². The monoisotopic (exact) mass is 288 g/mol. The average Bonchev–Trinajstić information content (AvgIpc) is 2.42. The van der Waals surface area contributed by atoms with E-state index in [0.29, 0.717) is 11.3 Å². The molecular formula is C15H13FN2O3. The van der Waals surface area contributed by atoms with Crippen LogP contribution in [-0.4, -0.2) is 10.8 Å². The number of nitrogens with zero attached hydrogens (tertiary/aromatic N) is 1. The van der Waals surface area contributed by atoms with Crippen molar-refractivity contribution in [3.05, 3.63) is 69.0 Å². The lowest BCUT2D eigenvalue weighted by atomic mass is 10.1. The molecule has 1 amide bonds. The maximum atomic E-state index is 13.2. The van der Waals surface area contributed by atoms with E-state index >= 15 is 0 Å². The van der Waals surface area contributed by atoms with Crippen molar-refractivity contribution >= 4 is 17.3 Å². The quantitative estimate of drug-likeness (QED) is 0.692. The van der Waals surface area contributed by atoms with Gasteiger partial charge in [0.1, 0.15) is 5.82 Å². The van der Waals surface area contributed by atoms with Crippen molar-refractivity contribution in [1.82, 2.24) is 0 Å². The van der Waals surface area contributed by atoms with Gasteiger partial charge in [0.15, 0.2) is 0 Å². The van der Waals surface area contributed by atoms with Crippen LogP contribution >= 0.6 is 0 Å². The van der Waals surface area contributed by atoms with Crippen LogP contribution in [0, 0.1) is 29.8 Å². The largest absolute Gasteiger partial charge is 0.322 e. The van der Waals surface area contributed by atoms with Crippen molar-refractivity contribution in [3.63, 3.8) is 0 Å². The van der Waals surface area contributed by atoms with Gasteiger partial charge in [0.2, 0.25) is 0 Å². The molecule has 21 heavy (non-hydrogen) atoms. The van der Waals surface area contributed by atoms with Gasteiger partial charge in [-0.3, -0.25) is 14.9 Å². The van der Waals surface area contributed by atoms with Crippen molar-refractivity contribution in [2.45, 2.75) is 13.8 Å². The molecule has 0 saturated carbocycles. The summed E-state index contributed by atoms with van der Waals surface area (Å²) in [6.07, 6.45) is 0. The fourth-order valence-corrected chi connectivity index (χ4v) is 1.99. The van der Waals surface area contributed by atoms with Gasteiger partial charge in [0.05, 0.1) is 4.92 Å². The zero-order valence-electron chi connectivity index (χ0n) is 11.5. The third kappa shape index (κ3) is 3.05. The first-order chi connectivity index (χ1) is 9.90. The molecule has 6 heteroatoms. The molecule has 0 aliphatic rings. The van der Waals surface area contributed by atoms with E-state index in [1.165, 1.54) is 37.3 Å². The van der Waals surface area contributed by atoms with Crippen molar-refractivity contribution in [1.29, 1.82) is 0 Å². The second-order valence-corrected chi connectivity index (χ2v) is 4.62. The van der Waals surface area contributed by atoms with E-state index in [9.17, 15) is 19.3 Å². The highest BCUT2D eigenvalue weighted by molar-refractivity contribution is 6.06. The predicted molar refractivity (Wildman–Crippen MR) is 76.9 cm³/mol. The molecule has 0 radical (unpaired) electrons. The molecule has 0 unspecified atom stereocenters. The fourth-order valence-electron chi connectivity index (χ4n) is 1.99. The van der Waals surface area contributed by atoms with Gasteiger partial charge < -0.3 is 5.32 Å². The normalized spacial score (nSPS) is 10.2. The average molecular weight is 288 g/mol. The summed E-state index contributed by atoms with van der Waals surface area (Å²) < 4.78 is 13.2. The molecule has 0 bridgehead atoms. The number of halogens is 1. The topological polar surface area (TPSA) is 72.2 Å². The third-order valence-electron chi connectivity index (χ3n) is 3.19. The van der Waals surface area contributed by atoms with E-state index in [2.05, 4.69) is 5.32 Å². The summed E-state index contributed by atoms with van der Waals surface area (Å²) in [4.78, 5) is 22.6. The number of nitro groups is 1. The van der Waals surface area contributed by atoms with E-state index in [0.717, 1.165) is 0 Å². The van der Waals surface area contributed by atoms with Crippen LogP contribution in [0.1, 0.15) is 21.5 Å². The van der Waals surface area contributed by atoms with E-state index in [-0.39, 0.29) is 16.8 Å². The molecule has 2 aromatic carbocycles. The molecule has 0 aromatic heterocycles. The van der Waals surface area contributed by atoms with Crippen molar-refractivity contribution in [3.8, 4) is 0 Å². The number of anilines is 1. The zero-order valence-corrected chi connectivity index (χ0v) is 11.5. The van der Waals surface area contributed by atoms with Crippen LogP contribution < -0.4 is 5.32 Å². The standard InChI is InChI=1S/C15H13FN2O3/c1-9-6-7-11(16)8-13(9)17-15(19)12-4-3-5-14(10(12)2)18(20)21/h3-8H,1-2H3,(H,17,19). The highest BCUT2D eigenvalue weighted by Gasteiger charge is 2.18. The highest BCUT2D eigenvalue weighted by Crippen LogP contribution is 2.23. The summed E-state index contributed by atoms with van der Waals surface area (Å²) in [6.45, 7) is 3.24. The number of nitrogens with one attached hydrogen (secondary N) is 1. The molecule has 2 aromatic rings. The van der Waals surface area contributed by atoms with Gasteiger partial charge in [-0.15, -0.1) is 0 Å². The summed E-state index contributed by atoms with van der Waals surface area (Å²) in [7, 11) is 0. The van der Waals surface area contributed by atoms with Gasteiger partial charge in [0.25, 0.3) is 11.6 Å². The number of rotatable bonds is 3. The summed E-state index contributed by atoms with van der Waals surface area (Å²) in [6, 6.07) is 8.32. The van der Waals surface area contributed by atoms with Gasteiger partial charge in [-0.2, -0.15) is 0 Å². The molecule has 0 saturated heterocycles. The number of amides is 1. The molecule has 0 spiro atoms. The lowest BCUT2D eigenvalue weighted by Crippen LogP contribution is -2.15. The van der Waals surface area contributed by atoms with Crippen LogP contribution in [0.2, 0.25) is 0 Å². The van der Waals surface area contributed by atoms with Crippen molar-refractivity contribution in [2.75, 3.05) is 5.32 Å². The Balaban J connectivity index is 2.35. The van der Waals surface area contributed by atoms with E-state index in [1.54, 1.807) is 13.0 Å². The molecule has 0 aliphatic heterocycles. The maximum absolute atomic E-state index is 13.2. The predicted octanol–water partition coefficient (Wildman–Crippen LogP) is 3.60. The molecule has 0 atom stereocenters. The van der Waals surface area contributed by atoms with Crippen LogP contribution in [0.4, 0.5) is 15.8 Å². The van der Waals surface area contributed by atoms with E-state index in [1.807, 2.05) is 0 Å². The van der Waals surface area contributed by atoms with E-state index in [4.69, 9.17) is 0 Å². The molecule has 1 N–H and O–H groups in total. The minimum Gasteiger partial charge on any atom is -0.322 e. The number of hydrogen-bond donors (Lipinski definition) is 1. The Labute approximate surface area is 120 Å². The summed E-state index contributed by atoms with van der Waals surface area (Å²) >= 11 is 0. The number of benzene rings is 2. The van der Waals surface area contributed by atoms with Gasteiger partial charge in [-0.25, -0.2) is 4.39 Å². The lowest BCUT2D eigenvalue weighted by Gasteiger charge is -2.10. The Morgan fingerprint density at radius 3 is 2.62 bits per heavy atom. The molecule has 5 nitrogen and oxygen atoms in total. The first kappa shape index (κ1) is 14.6. The Kier molecular flexibility index (Phi) is 3.98. The zero-order chi connectivity index (χ0) is 15.6. The first-order valence-electron chi connectivity index (χ1n) is 6.21.